The number of benzene rings is 1. The summed E-state index contributed by atoms with van der Waals surface area (Å²) in [5, 5.41) is 13.3. The molecule has 0 saturated carbocycles. The van der Waals surface area contributed by atoms with Gasteiger partial charge in [0.05, 0.1) is 12.1 Å². The second-order valence-electron chi connectivity index (χ2n) is 6.57. The summed E-state index contributed by atoms with van der Waals surface area (Å²) < 4.78 is 0. The Morgan fingerprint density at radius 1 is 1.32 bits per heavy atom. The normalized spacial score (nSPS) is 25.9. The Bertz CT molecular complexity index is 524. The molecule has 1 aliphatic carbocycles. The number of amides is 1. The van der Waals surface area contributed by atoms with Gasteiger partial charge in [-0.15, -0.1) is 0 Å². The molecule has 0 bridgehead atoms. The minimum Gasteiger partial charge on any atom is -0.390 e. The van der Waals surface area contributed by atoms with E-state index in [9.17, 15) is 9.90 Å². The number of rotatable bonds is 4. The molecule has 4 nitrogen and oxygen atoms in total. The van der Waals surface area contributed by atoms with E-state index in [1.165, 1.54) is 6.42 Å². The molecule has 1 aromatic carbocycles. The highest BCUT2D eigenvalue weighted by Crippen LogP contribution is 2.32. The molecular formula is C18H26N2O2. The van der Waals surface area contributed by atoms with Gasteiger partial charge in [0, 0.05) is 12.3 Å². The number of aliphatic hydroxyl groups is 1. The standard InChI is InChI=1S/C18H26N2O2/c1-2-9-20-10-7-13(8-11-20)18(22)19-17-15-6-4-3-5-14(15)12-16(17)21/h3-6,13,16-17,21H,2,7-12H2,1H3,(H,19,22). The maximum absolute atomic E-state index is 12.5. The zero-order valence-electron chi connectivity index (χ0n) is 13.3. The van der Waals surface area contributed by atoms with Crippen LogP contribution in [0.5, 0.6) is 0 Å². The summed E-state index contributed by atoms with van der Waals surface area (Å²) in [6.07, 6.45) is 3.16. The van der Waals surface area contributed by atoms with Crippen molar-refractivity contribution >= 4 is 5.91 Å². The van der Waals surface area contributed by atoms with Crippen LogP contribution in [-0.2, 0) is 11.2 Å². The summed E-state index contributed by atoms with van der Waals surface area (Å²) in [5.41, 5.74) is 2.23. The largest absolute Gasteiger partial charge is 0.390 e. The van der Waals surface area contributed by atoms with Crippen LogP contribution >= 0.6 is 0 Å². The summed E-state index contributed by atoms with van der Waals surface area (Å²) in [5.74, 6) is 0.199. The van der Waals surface area contributed by atoms with E-state index in [0.717, 1.165) is 43.6 Å². The molecule has 2 unspecified atom stereocenters. The Hall–Kier alpha value is -1.39. The molecule has 2 atom stereocenters. The van der Waals surface area contributed by atoms with Crippen molar-refractivity contribution in [1.82, 2.24) is 10.2 Å². The second kappa shape index (κ2) is 6.80. The molecule has 22 heavy (non-hydrogen) atoms. The van der Waals surface area contributed by atoms with Crippen molar-refractivity contribution in [2.75, 3.05) is 19.6 Å². The van der Waals surface area contributed by atoms with E-state index in [-0.39, 0.29) is 17.9 Å². The summed E-state index contributed by atoms with van der Waals surface area (Å²) in [6.45, 7) is 5.34. The molecule has 1 aromatic rings. The van der Waals surface area contributed by atoms with Crippen LogP contribution in [0, 0.1) is 5.92 Å². The van der Waals surface area contributed by atoms with Gasteiger partial charge in [0.1, 0.15) is 0 Å². The Morgan fingerprint density at radius 3 is 2.77 bits per heavy atom. The maximum Gasteiger partial charge on any atom is 0.223 e. The van der Waals surface area contributed by atoms with E-state index in [2.05, 4.69) is 17.1 Å². The van der Waals surface area contributed by atoms with E-state index < -0.39 is 6.10 Å². The van der Waals surface area contributed by atoms with Gasteiger partial charge in [0.15, 0.2) is 0 Å². The summed E-state index contributed by atoms with van der Waals surface area (Å²) in [4.78, 5) is 15.0. The molecule has 0 aromatic heterocycles. The highest BCUT2D eigenvalue weighted by atomic mass is 16.3. The van der Waals surface area contributed by atoms with Gasteiger partial charge in [-0.2, -0.15) is 0 Å². The van der Waals surface area contributed by atoms with E-state index in [4.69, 9.17) is 0 Å². The first-order valence-corrected chi connectivity index (χ1v) is 8.47. The second-order valence-corrected chi connectivity index (χ2v) is 6.57. The number of piperidine rings is 1. The van der Waals surface area contributed by atoms with Crippen molar-refractivity contribution in [3.8, 4) is 0 Å². The van der Waals surface area contributed by atoms with Gasteiger partial charge in [-0.3, -0.25) is 4.79 Å². The number of nitrogens with one attached hydrogen (secondary N) is 1. The first-order valence-electron chi connectivity index (χ1n) is 8.47. The lowest BCUT2D eigenvalue weighted by molar-refractivity contribution is -0.128. The third-order valence-corrected chi connectivity index (χ3v) is 5.00. The quantitative estimate of drug-likeness (QED) is 0.893. The molecule has 1 fully saturated rings. The monoisotopic (exact) mass is 302 g/mol. The minimum absolute atomic E-state index is 0.0908. The third kappa shape index (κ3) is 3.18. The summed E-state index contributed by atoms with van der Waals surface area (Å²) in [7, 11) is 0. The first-order chi connectivity index (χ1) is 10.7. The zero-order chi connectivity index (χ0) is 15.5. The number of hydrogen-bond acceptors (Lipinski definition) is 3. The molecule has 0 radical (unpaired) electrons. The van der Waals surface area contributed by atoms with Gasteiger partial charge >= 0.3 is 0 Å². The molecular weight excluding hydrogens is 276 g/mol. The predicted molar refractivity (Wildman–Crippen MR) is 86.5 cm³/mol. The third-order valence-electron chi connectivity index (χ3n) is 5.00. The van der Waals surface area contributed by atoms with Crippen LogP contribution < -0.4 is 5.32 Å². The Labute approximate surface area is 132 Å². The topological polar surface area (TPSA) is 52.6 Å². The first kappa shape index (κ1) is 15.5. The molecule has 1 aliphatic heterocycles. The molecule has 1 amide bonds. The van der Waals surface area contributed by atoms with Gasteiger partial charge in [-0.25, -0.2) is 0 Å². The number of carbonyl (C=O) groups excluding carboxylic acids is 1. The number of aliphatic hydroxyl groups excluding tert-OH is 1. The number of fused-ring (bicyclic) bond motifs is 1. The smallest absolute Gasteiger partial charge is 0.223 e. The molecule has 1 saturated heterocycles. The van der Waals surface area contributed by atoms with Crippen LogP contribution in [0.3, 0.4) is 0 Å². The van der Waals surface area contributed by atoms with Crippen molar-refractivity contribution in [3.05, 3.63) is 35.4 Å². The number of carbonyl (C=O) groups is 1. The fourth-order valence-electron chi connectivity index (χ4n) is 3.75. The average molecular weight is 302 g/mol. The SMILES string of the molecule is CCCN1CCC(C(=O)NC2c3ccccc3CC2O)CC1. The summed E-state index contributed by atoms with van der Waals surface area (Å²) >= 11 is 0. The Morgan fingerprint density at radius 2 is 2.05 bits per heavy atom. The van der Waals surface area contributed by atoms with Crippen LogP contribution in [0.25, 0.3) is 0 Å². The number of nitrogens with zero attached hydrogens (tertiary/aromatic N) is 1. The van der Waals surface area contributed by atoms with Crippen molar-refractivity contribution < 1.29 is 9.90 Å². The van der Waals surface area contributed by atoms with E-state index in [1.54, 1.807) is 0 Å². The van der Waals surface area contributed by atoms with Crippen LogP contribution in [0.4, 0.5) is 0 Å². The van der Waals surface area contributed by atoms with Crippen LogP contribution in [-0.4, -0.2) is 41.7 Å². The van der Waals surface area contributed by atoms with Gasteiger partial charge < -0.3 is 15.3 Å². The van der Waals surface area contributed by atoms with E-state index in [1.807, 2.05) is 24.3 Å². The van der Waals surface area contributed by atoms with E-state index in [0.29, 0.717) is 6.42 Å². The van der Waals surface area contributed by atoms with E-state index >= 15 is 0 Å². The van der Waals surface area contributed by atoms with Gasteiger partial charge in [-0.05, 0) is 50.0 Å². The molecule has 4 heteroatoms. The fraction of sp³-hybridized carbons (Fsp3) is 0.611. The van der Waals surface area contributed by atoms with Crippen LogP contribution in [0.2, 0.25) is 0 Å². The Balaban J connectivity index is 1.59. The van der Waals surface area contributed by atoms with Crippen LogP contribution in [0.15, 0.2) is 24.3 Å². The number of hydrogen-bond donors (Lipinski definition) is 2. The molecule has 3 rings (SSSR count). The van der Waals surface area contributed by atoms with Crippen LogP contribution in [0.1, 0.15) is 43.4 Å². The summed E-state index contributed by atoms with van der Waals surface area (Å²) in [6, 6.07) is 7.77. The number of likely N-dealkylation sites (tertiary alicyclic amines) is 1. The maximum atomic E-state index is 12.5. The highest BCUT2D eigenvalue weighted by molar-refractivity contribution is 5.79. The van der Waals surface area contributed by atoms with Crippen molar-refractivity contribution in [2.45, 2.75) is 44.8 Å². The molecule has 1 heterocycles. The van der Waals surface area contributed by atoms with Crippen molar-refractivity contribution in [2.24, 2.45) is 5.92 Å². The Kier molecular flexibility index (Phi) is 4.79. The molecule has 2 N–H and O–H groups in total. The van der Waals surface area contributed by atoms with Gasteiger partial charge in [-0.1, -0.05) is 31.2 Å². The fourth-order valence-corrected chi connectivity index (χ4v) is 3.75. The molecule has 2 aliphatic rings. The van der Waals surface area contributed by atoms with Gasteiger partial charge in [0.2, 0.25) is 5.91 Å². The average Bonchev–Trinajstić information content (AvgIpc) is 2.84. The van der Waals surface area contributed by atoms with Crippen molar-refractivity contribution in [1.29, 1.82) is 0 Å². The minimum atomic E-state index is -0.499. The zero-order valence-corrected chi connectivity index (χ0v) is 13.3. The molecule has 120 valence electrons. The lowest BCUT2D eigenvalue weighted by atomic mass is 9.95. The predicted octanol–water partition coefficient (Wildman–Crippen LogP) is 1.88. The highest BCUT2D eigenvalue weighted by Gasteiger charge is 2.34. The molecule has 0 spiro atoms. The van der Waals surface area contributed by atoms with Crippen molar-refractivity contribution in [3.63, 3.8) is 0 Å². The lowest BCUT2D eigenvalue weighted by Gasteiger charge is -2.32. The lowest BCUT2D eigenvalue weighted by Crippen LogP contribution is -2.43. The van der Waals surface area contributed by atoms with Gasteiger partial charge in [0.25, 0.3) is 0 Å².